The number of carbonyl (C=O) groups is 2. The highest BCUT2D eigenvalue weighted by atomic mass is 16.6. The Balaban J connectivity index is 3.15. The van der Waals surface area contributed by atoms with Crippen LogP contribution in [0.2, 0.25) is 0 Å². The van der Waals surface area contributed by atoms with Gasteiger partial charge in [0.2, 0.25) is 0 Å². The van der Waals surface area contributed by atoms with E-state index in [2.05, 4.69) is 11.3 Å². The highest BCUT2D eigenvalue weighted by Crippen LogP contribution is 2.21. The molecule has 12 heavy (non-hydrogen) atoms. The summed E-state index contributed by atoms with van der Waals surface area (Å²) in [5, 5.41) is 0. The molecule has 62 valence electrons. The molecule has 1 saturated heterocycles. The number of carbonyl (C=O) groups excluding carboxylic acids is 2. The van der Waals surface area contributed by atoms with Crippen LogP contribution in [0.15, 0.2) is 36.0 Å². The third-order valence-electron chi connectivity index (χ3n) is 1.49. The number of cyclic esters (lactones) is 2. The predicted octanol–water partition coefficient (Wildman–Crippen LogP) is 1.13. The summed E-state index contributed by atoms with van der Waals surface area (Å²) in [6.07, 6.45) is 4.45. The van der Waals surface area contributed by atoms with Gasteiger partial charge in [-0.15, -0.1) is 0 Å². The summed E-state index contributed by atoms with van der Waals surface area (Å²) in [4.78, 5) is 21.9. The second-order valence-corrected chi connectivity index (χ2v) is 2.20. The van der Waals surface area contributed by atoms with Crippen molar-refractivity contribution in [2.75, 3.05) is 0 Å². The Morgan fingerprint density at radius 1 is 1.25 bits per heavy atom. The molecule has 0 unspecified atom stereocenters. The molecule has 1 aliphatic rings. The van der Waals surface area contributed by atoms with Crippen molar-refractivity contribution in [1.82, 2.24) is 0 Å². The Morgan fingerprint density at radius 2 is 1.83 bits per heavy atom. The number of hydrogen-bond acceptors (Lipinski definition) is 3. The van der Waals surface area contributed by atoms with Gasteiger partial charge in [-0.3, -0.25) is 0 Å². The lowest BCUT2D eigenvalue weighted by Gasteiger charge is -1.87. The van der Waals surface area contributed by atoms with E-state index in [0.717, 1.165) is 0 Å². The van der Waals surface area contributed by atoms with Gasteiger partial charge >= 0.3 is 11.9 Å². The summed E-state index contributed by atoms with van der Waals surface area (Å²) in [5.74, 6) is -1.19. The van der Waals surface area contributed by atoms with Crippen LogP contribution < -0.4 is 0 Å². The van der Waals surface area contributed by atoms with Crippen molar-refractivity contribution in [2.24, 2.45) is 0 Å². The second-order valence-electron chi connectivity index (χ2n) is 2.20. The van der Waals surface area contributed by atoms with Crippen molar-refractivity contribution in [3.8, 4) is 0 Å². The maximum absolute atomic E-state index is 10.9. The van der Waals surface area contributed by atoms with Crippen molar-refractivity contribution in [2.45, 2.75) is 6.92 Å². The van der Waals surface area contributed by atoms with Gasteiger partial charge in [-0.05, 0) is 13.0 Å². The van der Waals surface area contributed by atoms with Crippen LogP contribution in [0.4, 0.5) is 0 Å². The van der Waals surface area contributed by atoms with Crippen molar-refractivity contribution in [3.05, 3.63) is 36.0 Å². The van der Waals surface area contributed by atoms with Crippen LogP contribution in [0.3, 0.4) is 0 Å². The SMILES string of the molecule is C=C/C=C1/C(=O)OC(=O)/C1=C/C. The molecule has 0 aromatic rings. The fourth-order valence-electron chi connectivity index (χ4n) is 0.963. The Hall–Kier alpha value is -1.64. The van der Waals surface area contributed by atoms with Crippen LogP contribution in [0.25, 0.3) is 0 Å². The zero-order chi connectivity index (χ0) is 9.14. The second kappa shape index (κ2) is 3.17. The average molecular weight is 164 g/mol. The number of allylic oxidation sites excluding steroid dienone is 3. The first-order chi connectivity index (χ1) is 5.70. The fraction of sp³-hybridized carbons (Fsp3) is 0.111. The topological polar surface area (TPSA) is 43.4 Å². The Kier molecular flexibility index (Phi) is 2.24. The standard InChI is InChI=1S/C9H8O3/c1-3-5-7-6(4-2)8(10)12-9(7)11/h3-5H,1H2,2H3/b6-4+,7-5+. The highest BCUT2D eigenvalue weighted by Gasteiger charge is 2.31. The monoisotopic (exact) mass is 164 g/mol. The first-order valence-corrected chi connectivity index (χ1v) is 3.46. The van der Waals surface area contributed by atoms with Gasteiger partial charge < -0.3 is 4.74 Å². The van der Waals surface area contributed by atoms with E-state index in [1.807, 2.05) is 0 Å². The number of rotatable bonds is 1. The summed E-state index contributed by atoms with van der Waals surface area (Å²) < 4.78 is 4.37. The van der Waals surface area contributed by atoms with Crippen LogP contribution in [0.1, 0.15) is 6.92 Å². The molecule has 3 heteroatoms. The van der Waals surface area contributed by atoms with E-state index >= 15 is 0 Å². The molecule has 1 fully saturated rings. The number of ether oxygens (including phenoxy) is 1. The zero-order valence-electron chi connectivity index (χ0n) is 6.66. The van der Waals surface area contributed by atoms with Gasteiger partial charge in [-0.25, -0.2) is 9.59 Å². The van der Waals surface area contributed by atoms with Crippen LogP contribution in [0, 0.1) is 0 Å². The summed E-state index contributed by atoms with van der Waals surface area (Å²) in [7, 11) is 0. The first-order valence-electron chi connectivity index (χ1n) is 3.46. The molecule has 0 aromatic heterocycles. The molecule has 1 rings (SSSR count). The van der Waals surface area contributed by atoms with Crippen molar-refractivity contribution < 1.29 is 14.3 Å². The molecule has 0 spiro atoms. The molecule has 0 bridgehead atoms. The van der Waals surface area contributed by atoms with Gasteiger partial charge in [0, 0.05) is 0 Å². The van der Waals surface area contributed by atoms with Gasteiger partial charge in [0.15, 0.2) is 0 Å². The van der Waals surface area contributed by atoms with Crippen LogP contribution in [-0.2, 0) is 14.3 Å². The minimum absolute atomic E-state index is 0.275. The Bertz CT molecular complexity index is 308. The maximum atomic E-state index is 10.9. The van der Waals surface area contributed by atoms with Gasteiger partial charge in [0.25, 0.3) is 0 Å². The average Bonchev–Trinajstić information content (AvgIpc) is 2.28. The molecular formula is C9H8O3. The number of esters is 2. The molecule has 0 radical (unpaired) electrons. The molecule has 3 nitrogen and oxygen atoms in total. The van der Waals surface area contributed by atoms with Crippen LogP contribution >= 0.6 is 0 Å². The minimum atomic E-state index is -0.604. The largest absolute Gasteiger partial charge is 0.386 e. The van der Waals surface area contributed by atoms with Gasteiger partial charge in [-0.2, -0.15) is 0 Å². The molecule has 0 aliphatic carbocycles. The van der Waals surface area contributed by atoms with Crippen molar-refractivity contribution in [3.63, 3.8) is 0 Å². The molecule has 0 saturated carbocycles. The first kappa shape index (κ1) is 8.46. The minimum Gasteiger partial charge on any atom is -0.386 e. The summed E-state index contributed by atoms with van der Waals surface area (Å²) in [5.41, 5.74) is 0.581. The summed E-state index contributed by atoms with van der Waals surface area (Å²) in [6, 6.07) is 0. The molecule has 0 aromatic carbocycles. The van der Waals surface area contributed by atoms with E-state index < -0.39 is 11.9 Å². The molecule has 1 heterocycles. The lowest BCUT2D eigenvalue weighted by Crippen LogP contribution is -1.96. The van der Waals surface area contributed by atoms with E-state index in [0.29, 0.717) is 5.57 Å². The van der Waals surface area contributed by atoms with Gasteiger partial charge in [0.05, 0.1) is 11.1 Å². The molecule has 0 amide bonds. The lowest BCUT2D eigenvalue weighted by molar-refractivity contribution is -0.149. The molecule has 1 aliphatic heterocycles. The quantitative estimate of drug-likeness (QED) is 0.331. The van der Waals surface area contributed by atoms with E-state index in [4.69, 9.17) is 0 Å². The molecular weight excluding hydrogens is 156 g/mol. The van der Waals surface area contributed by atoms with E-state index in [-0.39, 0.29) is 5.57 Å². The van der Waals surface area contributed by atoms with Crippen molar-refractivity contribution in [1.29, 1.82) is 0 Å². The lowest BCUT2D eigenvalue weighted by atomic mass is 10.1. The van der Waals surface area contributed by atoms with Crippen LogP contribution in [-0.4, -0.2) is 11.9 Å². The smallest absolute Gasteiger partial charge is 0.346 e. The third kappa shape index (κ3) is 1.21. The van der Waals surface area contributed by atoms with E-state index in [1.165, 1.54) is 12.2 Å². The predicted molar refractivity (Wildman–Crippen MR) is 43.1 cm³/mol. The Morgan fingerprint density at radius 3 is 2.33 bits per heavy atom. The zero-order valence-corrected chi connectivity index (χ0v) is 6.66. The summed E-state index contributed by atoms with van der Waals surface area (Å²) in [6.45, 7) is 5.10. The number of hydrogen-bond donors (Lipinski definition) is 0. The van der Waals surface area contributed by atoms with E-state index in [1.54, 1.807) is 13.0 Å². The van der Waals surface area contributed by atoms with Crippen molar-refractivity contribution >= 4 is 11.9 Å². The molecule has 0 N–H and O–H groups in total. The highest BCUT2D eigenvalue weighted by molar-refractivity contribution is 6.18. The Labute approximate surface area is 70.0 Å². The third-order valence-corrected chi connectivity index (χ3v) is 1.49. The van der Waals surface area contributed by atoms with Gasteiger partial charge in [-0.1, -0.05) is 18.7 Å². The van der Waals surface area contributed by atoms with E-state index in [9.17, 15) is 9.59 Å². The van der Waals surface area contributed by atoms with Gasteiger partial charge in [0.1, 0.15) is 0 Å². The maximum Gasteiger partial charge on any atom is 0.346 e. The summed E-state index contributed by atoms with van der Waals surface area (Å²) >= 11 is 0. The molecule has 0 atom stereocenters. The normalized spacial score (nSPS) is 23.4. The fourth-order valence-corrected chi connectivity index (χ4v) is 0.963. The van der Waals surface area contributed by atoms with Crippen LogP contribution in [0.5, 0.6) is 0 Å².